The smallest absolute Gasteiger partial charge is 0.159 e. The van der Waals surface area contributed by atoms with Crippen LogP contribution < -0.4 is 20.8 Å². The highest BCUT2D eigenvalue weighted by atomic mass is 16.3. The van der Waals surface area contributed by atoms with Crippen LogP contribution in [0.3, 0.4) is 0 Å². The van der Waals surface area contributed by atoms with Gasteiger partial charge in [-0.1, -0.05) is 196 Å². The molecule has 5 heteroatoms. The van der Waals surface area contributed by atoms with E-state index in [9.17, 15) is 0 Å². The second-order valence-electron chi connectivity index (χ2n) is 21.2. The monoisotopic (exact) mass is 988 g/mol. The van der Waals surface area contributed by atoms with Crippen LogP contribution in [0.25, 0.3) is 122 Å². The molecule has 16 rings (SSSR count). The van der Waals surface area contributed by atoms with Gasteiger partial charge in [-0.05, 0) is 90.1 Å². The van der Waals surface area contributed by atoms with E-state index in [1.54, 1.807) is 0 Å². The minimum absolute atomic E-state index is 0.509. The molecule has 0 atom stereocenters. The minimum atomic E-state index is 0.509. The molecule has 5 nitrogen and oxygen atoms in total. The largest absolute Gasteiger partial charge is 0.454 e. The van der Waals surface area contributed by atoms with Gasteiger partial charge in [-0.15, -0.1) is 0 Å². The Kier molecular flexibility index (Phi) is 9.65. The summed E-state index contributed by atoms with van der Waals surface area (Å²) in [6.45, 7) is 10.0. The highest BCUT2D eigenvalue weighted by molar-refractivity contribution is 6.36. The molecule has 366 valence electrons. The van der Waals surface area contributed by atoms with Crippen molar-refractivity contribution in [1.29, 1.82) is 0 Å². The van der Waals surface area contributed by atoms with E-state index in [0.29, 0.717) is 5.92 Å². The van der Waals surface area contributed by atoms with Gasteiger partial charge >= 0.3 is 0 Å². The maximum absolute atomic E-state index is 7.14. The first-order chi connectivity index (χ1) is 38.1. The summed E-state index contributed by atoms with van der Waals surface area (Å²) in [6, 6.07) is 76.9. The maximum atomic E-state index is 7.14. The van der Waals surface area contributed by atoms with E-state index in [1.165, 1.54) is 109 Å². The van der Waals surface area contributed by atoms with E-state index in [4.69, 9.17) is 17.6 Å². The zero-order valence-corrected chi connectivity index (χ0v) is 42.6. The second-order valence-corrected chi connectivity index (χ2v) is 21.2. The van der Waals surface area contributed by atoms with Crippen molar-refractivity contribution in [1.82, 2.24) is 8.80 Å². The number of fused-ring (bicyclic) bond motifs is 12. The number of benzene rings is 10. The van der Waals surface area contributed by atoms with Crippen molar-refractivity contribution in [2.24, 2.45) is 0 Å². The van der Waals surface area contributed by atoms with Gasteiger partial charge in [0, 0.05) is 92.9 Å². The summed E-state index contributed by atoms with van der Waals surface area (Å²) in [5.41, 5.74) is 18.8. The van der Waals surface area contributed by atoms with E-state index in [1.807, 2.05) is 0 Å². The zero-order valence-electron chi connectivity index (χ0n) is 42.6. The van der Waals surface area contributed by atoms with E-state index in [-0.39, 0.29) is 0 Å². The van der Waals surface area contributed by atoms with Crippen molar-refractivity contribution in [3.63, 3.8) is 0 Å². The van der Waals surface area contributed by atoms with Gasteiger partial charge in [0.15, 0.2) is 5.58 Å². The maximum Gasteiger partial charge on any atom is 0.159 e. The average Bonchev–Trinajstić information content (AvgIpc) is 4.48. The molecule has 1 saturated carbocycles. The van der Waals surface area contributed by atoms with Crippen molar-refractivity contribution >= 4 is 123 Å². The molecule has 0 amide bonds. The van der Waals surface area contributed by atoms with Crippen molar-refractivity contribution in [2.75, 3.05) is 10.2 Å². The number of hydrogen-bond acceptors (Lipinski definition) is 3. The fourth-order valence-corrected chi connectivity index (χ4v) is 13.8. The molecule has 1 N–H and O–H groups in total. The number of furan rings is 1. The SMILES string of the molecule is C=C(/C=c1\c(=C)n2c3c(-c4ccccc4)c4c5cccc6c7cc(Nc8ccccc8)ccc7n(c4c(-c4ccccc4)c3c3cccc1c32)c65)N(c1ccccc1)c1cccc2c1oc1c(C3CCCCC3)cccc12. The molecule has 0 spiro atoms. The number of rotatable bonds is 9. The molecule has 77 heavy (non-hydrogen) atoms. The number of anilines is 4. The number of hydrogen-bond donors (Lipinski definition) is 1. The Morgan fingerprint density at radius 2 is 1.05 bits per heavy atom. The molecule has 0 saturated heterocycles. The van der Waals surface area contributed by atoms with Gasteiger partial charge in [-0.2, -0.15) is 0 Å². The molecule has 5 aromatic heterocycles. The Labute approximate surface area is 444 Å². The highest BCUT2D eigenvalue weighted by Gasteiger charge is 2.31. The lowest BCUT2D eigenvalue weighted by atomic mass is 9.83. The predicted octanol–water partition coefficient (Wildman–Crippen LogP) is 18.4. The quantitative estimate of drug-likeness (QED) is 0.157. The first-order valence-corrected chi connectivity index (χ1v) is 27.2. The van der Waals surface area contributed by atoms with Crippen LogP contribution in [0, 0.1) is 0 Å². The molecule has 1 fully saturated rings. The molecule has 10 aromatic carbocycles. The van der Waals surface area contributed by atoms with Gasteiger partial charge in [0.2, 0.25) is 0 Å². The lowest BCUT2D eigenvalue weighted by Crippen LogP contribution is -2.26. The fourth-order valence-electron chi connectivity index (χ4n) is 13.8. The Balaban J connectivity index is 0.980. The number of nitrogens with zero attached hydrogens (tertiary/aromatic N) is 3. The Morgan fingerprint density at radius 3 is 1.74 bits per heavy atom. The number of nitrogens with one attached hydrogen (secondary N) is 1. The normalized spacial score (nSPS) is 13.8. The summed E-state index contributed by atoms with van der Waals surface area (Å²) in [7, 11) is 0. The third-order valence-electron chi connectivity index (χ3n) is 17.0. The molecular weight excluding hydrogens is 937 g/mol. The first-order valence-electron chi connectivity index (χ1n) is 27.2. The summed E-state index contributed by atoms with van der Waals surface area (Å²) < 4.78 is 12.2. The van der Waals surface area contributed by atoms with Crippen LogP contribution in [-0.2, 0) is 0 Å². The molecule has 0 unspecified atom stereocenters. The number of allylic oxidation sites excluding steroid dienone is 1. The Bertz CT molecular complexity index is 4950. The highest BCUT2D eigenvalue weighted by Crippen LogP contribution is 2.53. The van der Waals surface area contributed by atoms with Gasteiger partial charge < -0.3 is 23.4 Å². The molecular formula is C72H52N4O. The molecule has 5 heterocycles. The van der Waals surface area contributed by atoms with Crippen LogP contribution in [0.4, 0.5) is 22.7 Å². The van der Waals surface area contributed by atoms with Gasteiger partial charge in [0.05, 0.1) is 33.3 Å². The minimum Gasteiger partial charge on any atom is -0.454 e. The van der Waals surface area contributed by atoms with Gasteiger partial charge in [-0.3, -0.25) is 0 Å². The fraction of sp³-hybridized carbons (Fsp3) is 0.0833. The Morgan fingerprint density at radius 1 is 0.494 bits per heavy atom. The summed E-state index contributed by atoms with van der Waals surface area (Å²) in [5, 5.41) is 16.3. The molecule has 1 aliphatic carbocycles. The first kappa shape index (κ1) is 43.8. The van der Waals surface area contributed by atoms with E-state index in [2.05, 4.69) is 237 Å². The third-order valence-corrected chi connectivity index (χ3v) is 17.0. The molecule has 1 aliphatic rings. The van der Waals surface area contributed by atoms with Crippen LogP contribution in [0.1, 0.15) is 43.6 Å². The van der Waals surface area contributed by atoms with Crippen LogP contribution in [0.2, 0.25) is 0 Å². The van der Waals surface area contributed by atoms with Crippen LogP contribution in [0.5, 0.6) is 0 Å². The predicted molar refractivity (Wildman–Crippen MR) is 325 cm³/mol. The van der Waals surface area contributed by atoms with Crippen LogP contribution in [0.15, 0.2) is 229 Å². The van der Waals surface area contributed by atoms with E-state index >= 15 is 0 Å². The molecule has 0 aliphatic heterocycles. The zero-order chi connectivity index (χ0) is 50.9. The van der Waals surface area contributed by atoms with Crippen LogP contribution >= 0.6 is 0 Å². The van der Waals surface area contributed by atoms with Crippen molar-refractivity contribution < 1.29 is 4.42 Å². The van der Waals surface area contributed by atoms with Crippen LogP contribution in [-0.4, -0.2) is 8.80 Å². The standard InChI is InChI=1S/C72H52N4O/c1-44(74(51-30-16-7-17-31-51)62-39-21-36-56-55-35-18-32-52(71(55)77-72(56)62)46-22-8-3-9-23-46)42-59-45(2)75-67-53(59)33-19-37-57(67)65-64(48-26-12-5-13-27-48)70-66(63(69(65)75)47-24-10-4-11-25-47)58-38-20-34-54-60-43-50(73-49-28-14-6-15-29-49)40-41-61(60)76(70)68(54)58/h4-7,10-21,24-43,46,73H,1-3,8-9,22-23H2/b59-42+. The Hall–Kier alpha value is -9.58. The topological polar surface area (TPSA) is 37.2 Å². The van der Waals surface area contributed by atoms with Crippen molar-refractivity contribution in [2.45, 2.75) is 38.0 Å². The molecule has 0 bridgehead atoms. The third kappa shape index (κ3) is 6.41. The van der Waals surface area contributed by atoms with Gasteiger partial charge in [0.25, 0.3) is 0 Å². The average molecular weight is 989 g/mol. The molecule has 15 aromatic rings. The number of aromatic nitrogens is 2. The lowest BCUT2D eigenvalue weighted by molar-refractivity contribution is 0.442. The van der Waals surface area contributed by atoms with Crippen molar-refractivity contribution in [3.05, 3.63) is 241 Å². The summed E-state index contributed by atoms with van der Waals surface area (Å²) in [5.74, 6) is 0.509. The van der Waals surface area contributed by atoms with E-state index in [0.717, 1.165) is 77.5 Å². The summed E-state index contributed by atoms with van der Waals surface area (Å²) in [4.78, 5) is 2.27. The number of para-hydroxylation sites is 6. The van der Waals surface area contributed by atoms with Gasteiger partial charge in [0.1, 0.15) is 5.58 Å². The second kappa shape index (κ2) is 17.0. The summed E-state index contributed by atoms with van der Waals surface area (Å²) >= 11 is 0. The van der Waals surface area contributed by atoms with Gasteiger partial charge in [-0.25, -0.2) is 0 Å². The lowest BCUT2D eigenvalue weighted by Gasteiger charge is -2.25. The van der Waals surface area contributed by atoms with Crippen molar-refractivity contribution in [3.8, 4) is 22.3 Å². The summed E-state index contributed by atoms with van der Waals surface area (Å²) in [6.07, 6.45) is 8.51. The molecule has 0 radical (unpaired) electrons. The van der Waals surface area contributed by atoms with E-state index < -0.39 is 0 Å².